The van der Waals surface area contributed by atoms with Gasteiger partial charge in [-0.15, -0.1) is 5.10 Å². The molecule has 2 N–H and O–H groups in total. The molecule has 1 aromatic heterocycles. The van der Waals surface area contributed by atoms with Gasteiger partial charge in [-0.3, -0.25) is 9.59 Å². The van der Waals surface area contributed by atoms with Crippen LogP contribution in [0.15, 0.2) is 30.5 Å². The predicted octanol–water partition coefficient (Wildman–Crippen LogP) is 1.92. The van der Waals surface area contributed by atoms with Crippen molar-refractivity contribution in [1.82, 2.24) is 20.3 Å². The number of carboxylic acid groups (broad SMARTS) is 1. The van der Waals surface area contributed by atoms with E-state index >= 15 is 0 Å². The highest BCUT2D eigenvalue weighted by Gasteiger charge is 2.38. The number of halogens is 1. The van der Waals surface area contributed by atoms with E-state index < -0.39 is 17.4 Å². The number of carbonyl (C=O) groups excluding carboxylic acids is 1. The van der Waals surface area contributed by atoms with Crippen molar-refractivity contribution in [2.75, 3.05) is 0 Å². The van der Waals surface area contributed by atoms with Crippen molar-refractivity contribution in [1.29, 1.82) is 0 Å². The summed E-state index contributed by atoms with van der Waals surface area (Å²) in [5.41, 5.74) is -0.102. The molecule has 0 aliphatic heterocycles. The molecule has 0 radical (unpaired) electrons. The van der Waals surface area contributed by atoms with Gasteiger partial charge in [0.05, 0.1) is 23.8 Å². The van der Waals surface area contributed by atoms with E-state index in [2.05, 4.69) is 15.5 Å². The summed E-state index contributed by atoms with van der Waals surface area (Å²) < 4.78 is 12.9. The van der Waals surface area contributed by atoms with Gasteiger partial charge in [-0.25, -0.2) is 4.39 Å². The summed E-state index contributed by atoms with van der Waals surface area (Å²) in [4.78, 5) is 24.7. The van der Waals surface area contributed by atoms with Crippen LogP contribution in [0.3, 0.4) is 0 Å². The SMILES string of the molecule is O=C(O)CC1(NC(=O)c2cnn(-c3ccc(F)cc3)n2)CCCC1. The lowest BCUT2D eigenvalue weighted by Gasteiger charge is -2.28. The molecule has 126 valence electrons. The molecule has 1 aromatic carbocycles. The predicted molar refractivity (Wildman–Crippen MR) is 82.2 cm³/mol. The third kappa shape index (κ3) is 3.42. The standard InChI is InChI=1S/C16H17FN4O3/c17-11-3-5-12(6-4-11)21-18-10-13(20-21)15(24)19-16(9-14(22)23)7-1-2-8-16/h3-6,10H,1-2,7-9H2,(H,19,24)(H,22,23). The lowest BCUT2D eigenvalue weighted by molar-refractivity contribution is -0.138. The Morgan fingerprint density at radius 1 is 1.25 bits per heavy atom. The molecular formula is C16H17FN4O3. The summed E-state index contributed by atoms with van der Waals surface area (Å²) in [5, 5.41) is 20.0. The maximum Gasteiger partial charge on any atom is 0.305 e. The molecule has 0 spiro atoms. The van der Waals surface area contributed by atoms with E-state index in [0.29, 0.717) is 18.5 Å². The molecule has 24 heavy (non-hydrogen) atoms. The first-order chi connectivity index (χ1) is 11.5. The fraction of sp³-hybridized carbons (Fsp3) is 0.375. The van der Waals surface area contributed by atoms with Crippen LogP contribution in [0.2, 0.25) is 0 Å². The normalized spacial score (nSPS) is 16.0. The average molecular weight is 332 g/mol. The second-order valence-corrected chi connectivity index (χ2v) is 6.01. The van der Waals surface area contributed by atoms with Crippen LogP contribution in [0.5, 0.6) is 0 Å². The van der Waals surface area contributed by atoms with E-state index in [1.165, 1.54) is 35.3 Å². The van der Waals surface area contributed by atoms with Crippen molar-refractivity contribution in [3.05, 3.63) is 42.0 Å². The summed E-state index contributed by atoms with van der Waals surface area (Å²) >= 11 is 0. The Morgan fingerprint density at radius 2 is 1.92 bits per heavy atom. The van der Waals surface area contributed by atoms with Gasteiger partial charge in [0.25, 0.3) is 5.91 Å². The van der Waals surface area contributed by atoms with Gasteiger partial charge in [-0.1, -0.05) is 12.8 Å². The number of nitrogens with zero attached hydrogens (tertiary/aromatic N) is 3. The zero-order valence-electron chi connectivity index (χ0n) is 12.9. The van der Waals surface area contributed by atoms with E-state index in [1.807, 2.05) is 0 Å². The van der Waals surface area contributed by atoms with Gasteiger partial charge >= 0.3 is 5.97 Å². The van der Waals surface area contributed by atoms with Crippen LogP contribution < -0.4 is 5.32 Å². The third-order valence-corrected chi connectivity index (χ3v) is 4.21. The van der Waals surface area contributed by atoms with Crippen LogP contribution in [0.25, 0.3) is 5.69 Å². The zero-order chi connectivity index (χ0) is 17.2. The summed E-state index contributed by atoms with van der Waals surface area (Å²) in [6.45, 7) is 0. The molecule has 1 amide bonds. The van der Waals surface area contributed by atoms with Crippen molar-refractivity contribution < 1.29 is 19.1 Å². The molecule has 1 heterocycles. The number of carbonyl (C=O) groups is 2. The van der Waals surface area contributed by atoms with Crippen molar-refractivity contribution in [3.8, 4) is 5.69 Å². The quantitative estimate of drug-likeness (QED) is 0.872. The first-order valence-corrected chi connectivity index (χ1v) is 7.70. The molecule has 7 nitrogen and oxygen atoms in total. The van der Waals surface area contributed by atoms with Gasteiger partial charge in [0, 0.05) is 0 Å². The summed E-state index contributed by atoms with van der Waals surface area (Å²) in [6, 6.07) is 5.55. The second-order valence-electron chi connectivity index (χ2n) is 6.01. The molecule has 8 heteroatoms. The first kappa shape index (κ1) is 16.1. The molecular weight excluding hydrogens is 315 g/mol. The highest BCUT2D eigenvalue weighted by molar-refractivity contribution is 5.92. The number of rotatable bonds is 5. The van der Waals surface area contributed by atoms with Gasteiger partial charge in [0.2, 0.25) is 0 Å². The van der Waals surface area contributed by atoms with Gasteiger partial charge in [0.15, 0.2) is 5.69 Å². The van der Waals surface area contributed by atoms with E-state index in [0.717, 1.165) is 12.8 Å². The highest BCUT2D eigenvalue weighted by atomic mass is 19.1. The molecule has 0 saturated heterocycles. The van der Waals surface area contributed by atoms with E-state index in [9.17, 15) is 14.0 Å². The monoisotopic (exact) mass is 332 g/mol. The Kier molecular flexibility index (Phi) is 4.28. The van der Waals surface area contributed by atoms with Gasteiger partial charge < -0.3 is 10.4 Å². The zero-order valence-corrected chi connectivity index (χ0v) is 12.9. The van der Waals surface area contributed by atoms with E-state index in [4.69, 9.17) is 5.11 Å². The van der Waals surface area contributed by atoms with Gasteiger partial charge in [-0.05, 0) is 37.1 Å². The van der Waals surface area contributed by atoms with Crippen LogP contribution in [0, 0.1) is 5.82 Å². The average Bonchev–Trinajstić information content (AvgIpc) is 3.17. The van der Waals surface area contributed by atoms with E-state index in [1.54, 1.807) is 0 Å². The molecule has 3 rings (SSSR count). The fourth-order valence-electron chi connectivity index (χ4n) is 3.06. The summed E-state index contributed by atoms with van der Waals surface area (Å²) in [6.07, 6.45) is 4.24. The minimum Gasteiger partial charge on any atom is -0.481 e. The number of aliphatic carboxylic acids is 1. The number of hydrogen-bond acceptors (Lipinski definition) is 4. The van der Waals surface area contributed by atoms with Crippen LogP contribution in [0.4, 0.5) is 4.39 Å². The number of amides is 1. The lowest BCUT2D eigenvalue weighted by Crippen LogP contribution is -2.48. The molecule has 1 aliphatic rings. The van der Waals surface area contributed by atoms with Crippen LogP contribution >= 0.6 is 0 Å². The molecule has 0 bridgehead atoms. The molecule has 2 aromatic rings. The summed E-state index contributed by atoms with van der Waals surface area (Å²) in [5.74, 6) is -1.76. The number of hydrogen-bond donors (Lipinski definition) is 2. The molecule has 0 atom stereocenters. The minimum absolute atomic E-state index is 0.0935. The lowest BCUT2D eigenvalue weighted by atomic mass is 9.93. The second kappa shape index (κ2) is 6.38. The third-order valence-electron chi connectivity index (χ3n) is 4.21. The largest absolute Gasteiger partial charge is 0.481 e. The van der Waals surface area contributed by atoms with Crippen molar-refractivity contribution in [2.24, 2.45) is 0 Å². The molecule has 1 saturated carbocycles. The Morgan fingerprint density at radius 3 is 2.54 bits per heavy atom. The molecule has 1 fully saturated rings. The maximum absolute atomic E-state index is 12.9. The maximum atomic E-state index is 12.9. The number of aromatic nitrogens is 3. The van der Waals surface area contributed by atoms with E-state index in [-0.39, 0.29) is 17.9 Å². The number of nitrogens with one attached hydrogen (secondary N) is 1. The Labute approximate surface area is 137 Å². The number of carboxylic acids is 1. The topological polar surface area (TPSA) is 97.1 Å². The first-order valence-electron chi connectivity index (χ1n) is 7.70. The van der Waals surface area contributed by atoms with Gasteiger partial charge in [0.1, 0.15) is 5.82 Å². The van der Waals surface area contributed by atoms with Gasteiger partial charge in [-0.2, -0.15) is 9.90 Å². The van der Waals surface area contributed by atoms with Crippen LogP contribution in [0.1, 0.15) is 42.6 Å². The highest BCUT2D eigenvalue weighted by Crippen LogP contribution is 2.32. The Balaban J connectivity index is 1.75. The number of benzene rings is 1. The summed E-state index contributed by atoms with van der Waals surface area (Å²) in [7, 11) is 0. The Hall–Kier alpha value is -2.77. The minimum atomic E-state index is -0.938. The Bertz CT molecular complexity index is 751. The molecule has 0 unspecified atom stereocenters. The van der Waals surface area contributed by atoms with Crippen molar-refractivity contribution in [3.63, 3.8) is 0 Å². The van der Waals surface area contributed by atoms with Crippen LogP contribution in [-0.4, -0.2) is 37.5 Å². The molecule has 1 aliphatic carbocycles. The fourth-order valence-corrected chi connectivity index (χ4v) is 3.06. The van der Waals surface area contributed by atoms with Crippen LogP contribution in [-0.2, 0) is 4.79 Å². The van der Waals surface area contributed by atoms with Crippen molar-refractivity contribution in [2.45, 2.75) is 37.6 Å². The van der Waals surface area contributed by atoms with Crippen molar-refractivity contribution >= 4 is 11.9 Å². The smallest absolute Gasteiger partial charge is 0.305 e.